The second-order valence-electron chi connectivity index (χ2n) is 7.02. The number of unbranched alkanes of at least 4 members (excludes halogenated alkanes) is 4. The monoisotopic (exact) mass is 385 g/mol. The molecule has 0 saturated carbocycles. The number of hydrogen-bond acceptors (Lipinski definition) is 4. The zero-order valence-corrected chi connectivity index (χ0v) is 16.7. The maximum atomic E-state index is 11.7. The van der Waals surface area contributed by atoms with Crippen molar-refractivity contribution in [2.45, 2.75) is 71.0 Å². The Kier molecular flexibility index (Phi) is 10.3. The first-order chi connectivity index (χ1) is 13.7. The zero-order chi connectivity index (χ0) is 20.0. The fourth-order valence-corrected chi connectivity index (χ4v) is 3.07. The summed E-state index contributed by atoms with van der Waals surface area (Å²) in [6, 6.07) is 18.5. The van der Waals surface area contributed by atoms with Gasteiger partial charge in [-0.05, 0) is 17.5 Å². The predicted molar refractivity (Wildman–Crippen MR) is 110 cm³/mol. The van der Waals surface area contributed by atoms with E-state index in [0.29, 0.717) is 19.6 Å². The van der Waals surface area contributed by atoms with Gasteiger partial charge in [0.2, 0.25) is 6.29 Å². The zero-order valence-electron chi connectivity index (χ0n) is 16.7. The molecule has 0 fully saturated rings. The second kappa shape index (κ2) is 13.0. The smallest absolute Gasteiger partial charge is 0.263 e. The maximum Gasteiger partial charge on any atom is 0.263 e. The summed E-state index contributed by atoms with van der Waals surface area (Å²) >= 11 is 0. The minimum atomic E-state index is -0.874. The molecule has 152 valence electrons. The van der Waals surface area contributed by atoms with Crippen molar-refractivity contribution in [2.75, 3.05) is 0 Å². The molecule has 0 N–H and O–H groups in total. The van der Waals surface area contributed by atoms with Crippen molar-refractivity contribution in [3.8, 4) is 0 Å². The van der Waals surface area contributed by atoms with Crippen molar-refractivity contribution in [2.24, 2.45) is 0 Å². The molecule has 5 nitrogen and oxygen atoms in total. The minimum absolute atomic E-state index is 0.250. The van der Waals surface area contributed by atoms with Crippen molar-refractivity contribution in [1.29, 1.82) is 0 Å². The van der Waals surface area contributed by atoms with E-state index in [9.17, 15) is 10.1 Å². The third-order valence-corrected chi connectivity index (χ3v) is 4.70. The molecule has 2 aromatic rings. The third kappa shape index (κ3) is 8.19. The highest BCUT2D eigenvalue weighted by Crippen LogP contribution is 2.18. The number of benzene rings is 2. The van der Waals surface area contributed by atoms with E-state index in [4.69, 9.17) is 9.47 Å². The van der Waals surface area contributed by atoms with E-state index in [0.717, 1.165) is 36.8 Å². The summed E-state index contributed by atoms with van der Waals surface area (Å²) in [5.41, 5.74) is 1.95. The first-order valence-electron chi connectivity index (χ1n) is 10.1. The number of nitrogens with zero attached hydrogens (tertiary/aromatic N) is 1. The van der Waals surface area contributed by atoms with Crippen LogP contribution in [0.1, 0.15) is 56.6 Å². The van der Waals surface area contributed by atoms with Crippen LogP contribution in [0, 0.1) is 10.1 Å². The molecule has 5 heteroatoms. The van der Waals surface area contributed by atoms with Gasteiger partial charge in [0.1, 0.15) is 0 Å². The van der Waals surface area contributed by atoms with E-state index in [1.807, 2.05) is 60.7 Å². The fourth-order valence-electron chi connectivity index (χ4n) is 3.07. The fraction of sp³-hybridized carbons (Fsp3) is 0.478. The van der Waals surface area contributed by atoms with Crippen LogP contribution in [-0.2, 0) is 22.7 Å². The Labute approximate surface area is 167 Å². The number of ether oxygens (including phenoxy) is 2. The Balaban J connectivity index is 1.98. The Morgan fingerprint density at radius 1 is 0.821 bits per heavy atom. The number of nitro groups is 1. The van der Waals surface area contributed by atoms with Crippen LogP contribution in [0.5, 0.6) is 0 Å². The summed E-state index contributed by atoms with van der Waals surface area (Å²) in [5.74, 6) is 0. The third-order valence-electron chi connectivity index (χ3n) is 4.70. The van der Waals surface area contributed by atoms with Gasteiger partial charge >= 0.3 is 0 Å². The van der Waals surface area contributed by atoms with Gasteiger partial charge in [-0.15, -0.1) is 0 Å². The van der Waals surface area contributed by atoms with E-state index in [1.54, 1.807) is 0 Å². The van der Waals surface area contributed by atoms with Crippen LogP contribution in [0.3, 0.4) is 0 Å². The van der Waals surface area contributed by atoms with Crippen LogP contribution in [0.25, 0.3) is 0 Å². The normalized spacial score (nSPS) is 12.2. The predicted octanol–water partition coefficient (Wildman–Crippen LogP) is 5.75. The van der Waals surface area contributed by atoms with Crippen LogP contribution < -0.4 is 0 Å². The molecule has 0 bridgehead atoms. The van der Waals surface area contributed by atoms with E-state index in [-0.39, 0.29) is 4.92 Å². The average Bonchev–Trinajstić information content (AvgIpc) is 2.73. The summed E-state index contributed by atoms with van der Waals surface area (Å²) < 4.78 is 11.8. The molecule has 0 radical (unpaired) electrons. The van der Waals surface area contributed by atoms with Crippen molar-refractivity contribution >= 4 is 0 Å². The first kappa shape index (κ1) is 22.1. The average molecular weight is 386 g/mol. The van der Waals surface area contributed by atoms with Crippen LogP contribution in [0.15, 0.2) is 60.7 Å². The van der Waals surface area contributed by atoms with Gasteiger partial charge in [-0.25, -0.2) is 0 Å². The van der Waals surface area contributed by atoms with Crippen LogP contribution in [0.4, 0.5) is 0 Å². The van der Waals surface area contributed by atoms with Gasteiger partial charge in [-0.3, -0.25) is 10.1 Å². The van der Waals surface area contributed by atoms with Crippen molar-refractivity contribution in [3.63, 3.8) is 0 Å². The molecule has 0 aromatic heterocycles. The molecule has 0 amide bonds. The summed E-state index contributed by atoms with van der Waals surface area (Å²) in [6.07, 6.45) is 4.84. The van der Waals surface area contributed by atoms with Crippen LogP contribution >= 0.6 is 0 Å². The van der Waals surface area contributed by atoms with Gasteiger partial charge < -0.3 is 9.47 Å². The molecular weight excluding hydrogens is 354 g/mol. The van der Waals surface area contributed by atoms with Gasteiger partial charge in [0.05, 0.1) is 13.2 Å². The van der Waals surface area contributed by atoms with Gasteiger partial charge in [0.15, 0.2) is 0 Å². The van der Waals surface area contributed by atoms with Gasteiger partial charge in [-0.1, -0.05) is 93.3 Å². The molecule has 0 aliphatic carbocycles. The maximum absolute atomic E-state index is 11.7. The Hall–Kier alpha value is -2.24. The lowest BCUT2D eigenvalue weighted by Gasteiger charge is -2.22. The molecule has 28 heavy (non-hydrogen) atoms. The quantitative estimate of drug-likeness (QED) is 0.180. The Morgan fingerprint density at radius 2 is 1.32 bits per heavy atom. The lowest BCUT2D eigenvalue weighted by atomic mass is 10.1. The SMILES string of the molecule is CCCCCCCC(C(OCc1ccccc1)OCc1ccccc1)[N+](=O)[O-]. The van der Waals surface area contributed by atoms with Gasteiger partial charge in [-0.2, -0.15) is 0 Å². The molecule has 2 rings (SSSR count). The van der Waals surface area contributed by atoms with Crippen molar-refractivity contribution < 1.29 is 14.4 Å². The molecule has 2 aromatic carbocycles. The highest BCUT2D eigenvalue weighted by Gasteiger charge is 2.33. The van der Waals surface area contributed by atoms with E-state index >= 15 is 0 Å². The van der Waals surface area contributed by atoms with Crippen LogP contribution in [-0.4, -0.2) is 17.3 Å². The first-order valence-corrected chi connectivity index (χ1v) is 10.1. The lowest BCUT2D eigenvalue weighted by molar-refractivity contribution is -0.551. The molecule has 0 saturated heterocycles. The summed E-state index contributed by atoms with van der Waals surface area (Å²) in [5, 5.41) is 11.7. The Bertz CT molecular complexity index is 619. The largest absolute Gasteiger partial charge is 0.342 e. The summed E-state index contributed by atoms with van der Waals surface area (Å²) in [4.78, 5) is 11.5. The molecule has 1 unspecified atom stereocenters. The van der Waals surface area contributed by atoms with Crippen molar-refractivity contribution in [3.05, 3.63) is 81.9 Å². The van der Waals surface area contributed by atoms with Gasteiger partial charge in [0.25, 0.3) is 6.04 Å². The number of hydrogen-bond donors (Lipinski definition) is 0. The highest BCUT2D eigenvalue weighted by atomic mass is 16.7. The molecule has 0 aliphatic heterocycles. The summed E-state index contributed by atoms with van der Waals surface area (Å²) in [7, 11) is 0. The molecule has 1 atom stereocenters. The lowest BCUT2D eigenvalue weighted by Crippen LogP contribution is -2.38. The molecule has 0 heterocycles. The second-order valence-corrected chi connectivity index (χ2v) is 7.02. The van der Waals surface area contributed by atoms with E-state index < -0.39 is 12.3 Å². The highest BCUT2D eigenvalue weighted by molar-refractivity contribution is 5.14. The molecule has 0 spiro atoms. The standard InChI is InChI=1S/C23H31NO4/c1-2-3-4-5-12-17-22(24(25)26)23(27-18-20-13-8-6-9-14-20)28-19-21-15-10-7-11-16-21/h6-11,13-16,22-23H,2-5,12,17-19H2,1H3. The van der Waals surface area contributed by atoms with Crippen LogP contribution in [0.2, 0.25) is 0 Å². The minimum Gasteiger partial charge on any atom is -0.342 e. The van der Waals surface area contributed by atoms with Gasteiger partial charge in [0, 0.05) is 11.3 Å². The molecule has 0 aliphatic rings. The van der Waals surface area contributed by atoms with Crippen molar-refractivity contribution in [1.82, 2.24) is 0 Å². The Morgan fingerprint density at radius 3 is 1.79 bits per heavy atom. The van der Waals surface area contributed by atoms with E-state index in [1.165, 1.54) is 6.42 Å². The topological polar surface area (TPSA) is 61.6 Å². The molecular formula is C23H31NO4. The number of rotatable bonds is 14. The summed E-state index contributed by atoms with van der Waals surface area (Å²) in [6.45, 7) is 2.74. The van der Waals surface area contributed by atoms with E-state index in [2.05, 4.69) is 6.92 Å².